The highest BCUT2D eigenvalue weighted by molar-refractivity contribution is 9.10. The van der Waals surface area contributed by atoms with Gasteiger partial charge >= 0.3 is 5.97 Å². The molecule has 0 amide bonds. The standard InChI is InChI=1S/C16H16BrNO2/c1-10-6-7-13(17)9-14(10)15(18-2)11-4-3-5-12(8-11)16(19)20/h3-9,15,18H,1-2H3,(H,19,20). The third kappa shape index (κ3) is 3.08. The topological polar surface area (TPSA) is 49.3 Å². The first-order valence-electron chi connectivity index (χ1n) is 6.29. The first-order chi connectivity index (χ1) is 9.52. The van der Waals surface area contributed by atoms with E-state index >= 15 is 0 Å². The van der Waals surface area contributed by atoms with Crippen LogP contribution < -0.4 is 5.32 Å². The van der Waals surface area contributed by atoms with Gasteiger partial charge in [0.15, 0.2) is 0 Å². The molecule has 3 nitrogen and oxygen atoms in total. The Hall–Kier alpha value is -1.65. The summed E-state index contributed by atoms with van der Waals surface area (Å²) in [7, 11) is 1.87. The van der Waals surface area contributed by atoms with Crippen molar-refractivity contribution in [2.45, 2.75) is 13.0 Å². The van der Waals surface area contributed by atoms with Crippen molar-refractivity contribution in [1.82, 2.24) is 5.32 Å². The molecule has 0 saturated carbocycles. The van der Waals surface area contributed by atoms with Gasteiger partial charge in [-0.1, -0.05) is 34.1 Å². The van der Waals surface area contributed by atoms with Gasteiger partial charge in [0.05, 0.1) is 11.6 Å². The number of carboxylic acids is 1. The van der Waals surface area contributed by atoms with Gasteiger partial charge in [-0.05, 0) is 54.9 Å². The maximum absolute atomic E-state index is 11.1. The Morgan fingerprint density at radius 2 is 2.00 bits per heavy atom. The van der Waals surface area contributed by atoms with Gasteiger partial charge < -0.3 is 10.4 Å². The number of hydrogen-bond acceptors (Lipinski definition) is 2. The monoisotopic (exact) mass is 333 g/mol. The van der Waals surface area contributed by atoms with E-state index in [9.17, 15) is 4.79 Å². The van der Waals surface area contributed by atoms with Crippen LogP contribution in [0.1, 0.15) is 33.1 Å². The molecule has 0 spiro atoms. The molecule has 1 unspecified atom stereocenters. The number of aryl methyl sites for hydroxylation is 1. The lowest BCUT2D eigenvalue weighted by molar-refractivity contribution is 0.0696. The molecule has 0 aliphatic carbocycles. The zero-order valence-corrected chi connectivity index (χ0v) is 12.9. The summed E-state index contributed by atoms with van der Waals surface area (Å²) in [5.41, 5.74) is 3.53. The Labute approximate surface area is 126 Å². The molecule has 0 bridgehead atoms. The summed E-state index contributed by atoms with van der Waals surface area (Å²) < 4.78 is 1.01. The van der Waals surface area contributed by atoms with Crippen LogP contribution in [0, 0.1) is 6.92 Å². The number of carbonyl (C=O) groups is 1. The number of nitrogens with one attached hydrogen (secondary N) is 1. The summed E-state index contributed by atoms with van der Waals surface area (Å²) in [6.07, 6.45) is 0. The molecule has 0 aromatic heterocycles. The average Bonchev–Trinajstić information content (AvgIpc) is 2.44. The molecule has 2 aromatic carbocycles. The Bertz CT molecular complexity index is 640. The van der Waals surface area contributed by atoms with Crippen molar-refractivity contribution in [1.29, 1.82) is 0 Å². The molecule has 0 aliphatic rings. The van der Waals surface area contributed by atoms with Crippen molar-refractivity contribution in [3.63, 3.8) is 0 Å². The van der Waals surface area contributed by atoms with Gasteiger partial charge in [0.25, 0.3) is 0 Å². The van der Waals surface area contributed by atoms with E-state index in [1.54, 1.807) is 18.2 Å². The number of hydrogen-bond donors (Lipinski definition) is 2. The third-order valence-corrected chi connectivity index (χ3v) is 3.80. The molecule has 0 heterocycles. The van der Waals surface area contributed by atoms with Crippen LogP contribution in [0.3, 0.4) is 0 Å². The van der Waals surface area contributed by atoms with Crippen LogP contribution in [0.25, 0.3) is 0 Å². The molecular weight excluding hydrogens is 318 g/mol. The summed E-state index contributed by atoms with van der Waals surface area (Å²) in [4.78, 5) is 11.1. The zero-order chi connectivity index (χ0) is 14.7. The Balaban J connectivity index is 2.49. The molecule has 2 N–H and O–H groups in total. The second-order valence-electron chi connectivity index (χ2n) is 4.65. The highest BCUT2D eigenvalue weighted by atomic mass is 79.9. The molecule has 1 atom stereocenters. The van der Waals surface area contributed by atoms with Crippen LogP contribution in [0.5, 0.6) is 0 Å². The summed E-state index contributed by atoms with van der Waals surface area (Å²) in [5.74, 6) is -0.910. The van der Waals surface area contributed by atoms with E-state index in [-0.39, 0.29) is 6.04 Å². The molecule has 0 aliphatic heterocycles. The van der Waals surface area contributed by atoms with E-state index < -0.39 is 5.97 Å². The largest absolute Gasteiger partial charge is 0.478 e. The van der Waals surface area contributed by atoms with Gasteiger partial charge in [-0.25, -0.2) is 4.79 Å². The van der Waals surface area contributed by atoms with Gasteiger partial charge in [0, 0.05) is 4.47 Å². The van der Waals surface area contributed by atoms with Crippen LogP contribution in [0.2, 0.25) is 0 Å². The average molecular weight is 334 g/mol. The van der Waals surface area contributed by atoms with E-state index in [1.165, 1.54) is 0 Å². The highest BCUT2D eigenvalue weighted by Gasteiger charge is 2.16. The minimum absolute atomic E-state index is 0.0354. The normalized spacial score (nSPS) is 12.2. The van der Waals surface area contributed by atoms with Crippen molar-refractivity contribution < 1.29 is 9.90 Å². The Morgan fingerprint density at radius 1 is 1.25 bits per heavy atom. The van der Waals surface area contributed by atoms with Gasteiger partial charge in [0.2, 0.25) is 0 Å². The minimum Gasteiger partial charge on any atom is -0.478 e. The quantitative estimate of drug-likeness (QED) is 0.895. The predicted molar refractivity (Wildman–Crippen MR) is 83.2 cm³/mol. The summed E-state index contributed by atoms with van der Waals surface area (Å²) in [6, 6.07) is 13.1. The lowest BCUT2D eigenvalue weighted by Crippen LogP contribution is -2.19. The van der Waals surface area contributed by atoms with Gasteiger partial charge in [-0.15, -0.1) is 0 Å². The summed E-state index contributed by atoms with van der Waals surface area (Å²) in [6.45, 7) is 2.05. The van der Waals surface area contributed by atoms with E-state index in [2.05, 4.69) is 27.3 Å². The van der Waals surface area contributed by atoms with Gasteiger partial charge in [0.1, 0.15) is 0 Å². The maximum Gasteiger partial charge on any atom is 0.335 e. The number of carboxylic acid groups (broad SMARTS) is 1. The summed E-state index contributed by atoms with van der Waals surface area (Å²) >= 11 is 3.48. The molecule has 0 fully saturated rings. The molecule has 104 valence electrons. The fourth-order valence-corrected chi connectivity index (χ4v) is 2.65. The molecule has 0 saturated heterocycles. The zero-order valence-electron chi connectivity index (χ0n) is 11.4. The van der Waals surface area contributed by atoms with Crippen LogP contribution >= 0.6 is 15.9 Å². The summed E-state index contributed by atoms with van der Waals surface area (Å²) in [5, 5.41) is 12.4. The first-order valence-corrected chi connectivity index (χ1v) is 7.09. The molecule has 20 heavy (non-hydrogen) atoms. The second kappa shape index (κ2) is 6.20. The van der Waals surface area contributed by atoms with E-state index in [0.717, 1.165) is 21.2 Å². The van der Waals surface area contributed by atoms with Crippen molar-refractivity contribution >= 4 is 21.9 Å². The minimum atomic E-state index is -0.910. The fraction of sp³-hybridized carbons (Fsp3) is 0.188. The maximum atomic E-state index is 11.1. The van der Waals surface area contributed by atoms with Gasteiger partial charge in [-0.2, -0.15) is 0 Å². The van der Waals surface area contributed by atoms with Crippen LogP contribution in [-0.4, -0.2) is 18.1 Å². The Morgan fingerprint density at radius 3 is 2.65 bits per heavy atom. The third-order valence-electron chi connectivity index (χ3n) is 3.31. The SMILES string of the molecule is CNC(c1cccc(C(=O)O)c1)c1cc(Br)ccc1C. The number of halogens is 1. The molecular formula is C16H16BrNO2. The van der Waals surface area contributed by atoms with Crippen LogP contribution in [0.15, 0.2) is 46.9 Å². The smallest absolute Gasteiger partial charge is 0.335 e. The number of aromatic carboxylic acids is 1. The van der Waals surface area contributed by atoms with E-state index in [4.69, 9.17) is 5.11 Å². The first kappa shape index (κ1) is 14.8. The predicted octanol–water partition coefficient (Wildman–Crippen LogP) is 3.76. The van der Waals surface area contributed by atoms with Crippen LogP contribution in [0.4, 0.5) is 0 Å². The fourth-order valence-electron chi connectivity index (χ4n) is 2.28. The molecule has 4 heteroatoms. The van der Waals surface area contributed by atoms with Crippen molar-refractivity contribution in [2.75, 3.05) is 7.05 Å². The molecule has 2 rings (SSSR count). The van der Waals surface area contributed by atoms with Gasteiger partial charge in [-0.3, -0.25) is 0 Å². The second-order valence-corrected chi connectivity index (χ2v) is 5.57. The Kier molecular flexibility index (Phi) is 4.57. The van der Waals surface area contributed by atoms with Crippen molar-refractivity contribution in [3.05, 3.63) is 69.2 Å². The molecule has 2 aromatic rings. The lowest BCUT2D eigenvalue weighted by Gasteiger charge is -2.20. The number of rotatable bonds is 4. The molecule has 0 radical (unpaired) electrons. The lowest BCUT2D eigenvalue weighted by atomic mass is 9.94. The van der Waals surface area contributed by atoms with Crippen molar-refractivity contribution in [2.24, 2.45) is 0 Å². The number of benzene rings is 2. The van der Waals surface area contributed by atoms with Crippen LogP contribution in [-0.2, 0) is 0 Å². The highest BCUT2D eigenvalue weighted by Crippen LogP contribution is 2.27. The van der Waals surface area contributed by atoms with E-state index in [0.29, 0.717) is 5.56 Å². The van der Waals surface area contributed by atoms with Crippen molar-refractivity contribution in [3.8, 4) is 0 Å². The van der Waals surface area contributed by atoms with E-state index in [1.807, 2.05) is 32.2 Å².